The molecule has 1 amide bonds. The second-order valence-electron chi connectivity index (χ2n) is 2.60. The number of nitrogens with zero attached hydrogens (tertiary/aromatic N) is 2. The van der Waals surface area contributed by atoms with Crippen LogP contribution in [0, 0.1) is 0 Å². The predicted octanol–water partition coefficient (Wildman–Crippen LogP) is 0.479. The Bertz CT molecular complexity index is 499. The zero-order chi connectivity index (χ0) is 10.7. The van der Waals surface area contributed by atoms with Crippen molar-refractivity contribution >= 4 is 22.4 Å². The zero-order valence-electron chi connectivity index (χ0n) is 7.43. The first kappa shape index (κ1) is 9.53. The first-order valence-corrected chi connectivity index (χ1v) is 4.90. The van der Waals surface area contributed by atoms with E-state index < -0.39 is 5.91 Å². The maximum Gasteiger partial charge on any atom is 0.277 e. The minimum absolute atomic E-state index is 0.143. The Morgan fingerprint density at radius 3 is 2.93 bits per heavy atom. The monoisotopic (exact) mass is 222 g/mol. The Hall–Kier alpha value is -2.02. The molecule has 0 spiro atoms. The third-order valence-electron chi connectivity index (χ3n) is 1.56. The fourth-order valence-electron chi connectivity index (χ4n) is 0.917. The molecule has 0 saturated carbocycles. The number of anilines is 1. The highest BCUT2D eigenvalue weighted by atomic mass is 32.1. The van der Waals surface area contributed by atoms with Gasteiger partial charge in [-0.15, -0.1) is 11.3 Å². The van der Waals surface area contributed by atoms with Gasteiger partial charge in [-0.25, -0.2) is 10.1 Å². The number of aromatic amines is 1. The highest BCUT2D eigenvalue weighted by Crippen LogP contribution is 2.10. The van der Waals surface area contributed by atoms with Gasteiger partial charge in [-0.05, 0) is 6.07 Å². The van der Waals surface area contributed by atoms with Gasteiger partial charge in [0.15, 0.2) is 5.13 Å². The van der Waals surface area contributed by atoms with E-state index in [2.05, 4.69) is 20.5 Å². The normalized spacial score (nSPS) is 9.87. The number of rotatable bonds is 2. The summed E-state index contributed by atoms with van der Waals surface area (Å²) in [6.45, 7) is 0. The number of hydrogen-bond donors (Lipinski definition) is 2. The van der Waals surface area contributed by atoms with Crippen LogP contribution < -0.4 is 10.9 Å². The number of amides is 1. The van der Waals surface area contributed by atoms with Gasteiger partial charge in [0.2, 0.25) is 0 Å². The van der Waals surface area contributed by atoms with Gasteiger partial charge in [-0.1, -0.05) is 0 Å². The van der Waals surface area contributed by atoms with E-state index in [0.717, 1.165) is 0 Å². The van der Waals surface area contributed by atoms with Crippen LogP contribution in [0.5, 0.6) is 0 Å². The molecular weight excluding hydrogens is 216 g/mol. The standard InChI is InChI=1S/C8H6N4O2S/c13-6-2-1-5(11-12-6)7(14)10-8-9-3-4-15-8/h1-4H,(H,12,13)(H,9,10,14). The smallest absolute Gasteiger partial charge is 0.277 e. The highest BCUT2D eigenvalue weighted by molar-refractivity contribution is 7.13. The summed E-state index contributed by atoms with van der Waals surface area (Å²) in [5, 5.41) is 10.5. The van der Waals surface area contributed by atoms with Crippen LogP contribution in [-0.2, 0) is 0 Å². The van der Waals surface area contributed by atoms with Crippen LogP contribution in [0.2, 0.25) is 0 Å². The maximum absolute atomic E-state index is 11.5. The van der Waals surface area contributed by atoms with E-state index in [1.54, 1.807) is 11.6 Å². The summed E-state index contributed by atoms with van der Waals surface area (Å²) in [4.78, 5) is 26.1. The maximum atomic E-state index is 11.5. The van der Waals surface area contributed by atoms with Gasteiger partial charge < -0.3 is 0 Å². The Morgan fingerprint density at radius 2 is 2.33 bits per heavy atom. The summed E-state index contributed by atoms with van der Waals surface area (Å²) in [7, 11) is 0. The van der Waals surface area contributed by atoms with E-state index in [0.29, 0.717) is 5.13 Å². The lowest BCUT2D eigenvalue weighted by molar-refractivity contribution is 0.102. The fraction of sp³-hybridized carbons (Fsp3) is 0. The SMILES string of the molecule is O=C(Nc1nccs1)c1ccc(=O)[nH]n1. The quantitative estimate of drug-likeness (QED) is 0.773. The van der Waals surface area contributed by atoms with Crippen molar-refractivity contribution in [1.29, 1.82) is 0 Å². The van der Waals surface area contributed by atoms with Gasteiger partial charge in [0, 0.05) is 17.6 Å². The lowest BCUT2D eigenvalue weighted by atomic mass is 10.4. The summed E-state index contributed by atoms with van der Waals surface area (Å²) in [5.41, 5.74) is -0.203. The van der Waals surface area contributed by atoms with Crippen LogP contribution >= 0.6 is 11.3 Å². The third-order valence-corrected chi connectivity index (χ3v) is 2.25. The molecule has 2 aromatic rings. The molecule has 15 heavy (non-hydrogen) atoms. The van der Waals surface area contributed by atoms with Gasteiger partial charge in [0.05, 0.1) is 0 Å². The van der Waals surface area contributed by atoms with Crippen LogP contribution in [0.15, 0.2) is 28.5 Å². The minimum atomic E-state index is -0.402. The molecule has 0 aromatic carbocycles. The van der Waals surface area contributed by atoms with E-state index in [4.69, 9.17) is 0 Å². The summed E-state index contributed by atoms with van der Waals surface area (Å²) < 4.78 is 0. The van der Waals surface area contributed by atoms with E-state index in [9.17, 15) is 9.59 Å². The van der Waals surface area contributed by atoms with Crippen molar-refractivity contribution in [2.75, 3.05) is 5.32 Å². The first-order valence-electron chi connectivity index (χ1n) is 4.02. The van der Waals surface area contributed by atoms with Crippen molar-refractivity contribution in [3.05, 3.63) is 39.8 Å². The molecule has 2 N–H and O–H groups in total. The lowest BCUT2D eigenvalue weighted by Crippen LogP contribution is -2.17. The molecule has 0 aliphatic heterocycles. The van der Waals surface area contributed by atoms with E-state index in [1.165, 1.54) is 23.5 Å². The molecule has 0 unspecified atom stereocenters. The van der Waals surface area contributed by atoms with Crippen molar-refractivity contribution in [3.63, 3.8) is 0 Å². The Kier molecular flexibility index (Phi) is 2.55. The van der Waals surface area contributed by atoms with Crippen molar-refractivity contribution < 1.29 is 4.79 Å². The molecule has 0 bridgehead atoms. The number of carbonyl (C=O) groups is 1. The molecule has 0 fully saturated rings. The zero-order valence-corrected chi connectivity index (χ0v) is 8.25. The second-order valence-corrected chi connectivity index (χ2v) is 3.49. The van der Waals surface area contributed by atoms with Gasteiger partial charge in [-0.3, -0.25) is 14.9 Å². The molecule has 0 saturated heterocycles. The van der Waals surface area contributed by atoms with Gasteiger partial charge in [0.1, 0.15) is 5.69 Å². The minimum Gasteiger partial charge on any atom is -0.296 e. The third kappa shape index (κ3) is 2.26. The fourth-order valence-corrected chi connectivity index (χ4v) is 1.44. The average Bonchev–Trinajstić information content (AvgIpc) is 2.71. The largest absolute Gasteiger partial charge is 0.296 e. The number of thiazole rings is 1. The second kappa shape index (κ2) is 4.01. The lowest BCUT2D eigenvalue weighted by Gasteiger charge is -1.98. The molecule has 2 heterocycles. The van der Waals surface area contributed by atoms with E-state index in [-0.39, 0.29) is 11.3 Å². The molecular formula is C8H6N4O2S. The molecule has 2 aromatic heterocycles. The Labute approximate surface area is 88.0 Å². The van der Waals surface area contributed by atoms with Gasteiger partial charge in [-0.2, -0.15) is 5.10 Å². The van der Waals surface area contributed by atoms with Crippen LogP contribution in [-0.4, -0.2) is 21.1 Å². The van der Waals surface area contributed by atoms with Crippen LogP contribution in [0.3, 0.4) is 0 Å². The predicted molar refractivity (Wildman–Crippen MR) is 54.9 cm³/mol. The summed E-state index contributed by atoms with van der Waals surface area (Å²) in [5.74, 6) is -0.402. The number of nitrogens with one attached hydrogen (secondary N) is 2. The number of H-pyrrole nitrogens is 1. The van der Waals surface area contributed by atoms with Crippen LogP contribution in [0.25, 0.3) is 0 Å². The molecule has 0 atom stereocenters. The molecule has 0 aliphatic carbocycles. The molecule has 2 rings (SSSR count). The van der Waals surface area contributed by atoms with Crippen LogP contribution in [0.1, 0.15) is 10.5 Å². The van der Waals surface area contributed by atoms with Crippen molar-refractivity contribution in [2.45, 2.75) is 0 Å². The van der Waals surface area contributed by atoms with Crippen molar-refractivity contribution in [1.82, 2.24) is 15.2 Å². The van der Waals surface area contributed by atoms with Crippen LogP contribution in [0.4, 0.5) is 5.13 Å². The van der Waals surface area contributed by atoms with E-state index in [1.807, 2.05) is 0 Å². The summed E-state index contributed by atoms with van der Waals surface area (Å²) in [6.07, 6.45) is 1.58. The molecule has 76 valence electrons. The number of hydrogen-bond acceptors (Lipinski definition) is 5. The van der Waals surface area contributed by atoms with Gasteiger partial charge >= 0.3 is 0 Å². The number of aromatic nitrogens is 3. The van der Waals surface area contributed by atoms with Gasteiger partial charge in [0.25, 0.3) is 11.5 Å². The van der Waals surface area contributed by atoms with Crippen molar-refractivity contribution in [3.8, 4) is 0 Å². The molecule has 0 radical (unpaired) electrons. The Balaban J connectivity index is 2.15. The molecule has 7 heteroatoms. The first-order chi connectivity index (χ1) is 7.25. The Morgan fingerprint density at radius 1 is 1.47 bits per heavy atom. The summed E-state index contributed by atoms with van der Waals surface area (Å²) >= 11 is 1.31. The van der Waals surface area contributed by atoms with E-state index >= 15 is 0 Å². The topological polar surface area (TPSA) is 87.7 Å². The highest BCUT2D eigenvalue weighted by Gasteiger charge is 2.08. The molecule has 6 nitrogen and oxygen atoms in total. The van der Waals surface area contributed by atoms with Crippen molar-refractivity contribution in [2.24, 2.45) is 0 Å². The number of carbonyl (C=O) groups excluding carboxylic acids is 1. The summed E-state index contributed by atoms with van der Waals surface area (Å²) in [6, 6.07) is 2.59. The average molecular weight is 222 g/mol. The molecule has 0 aliphatic rings.